The van der Waals surface area contributed by atoms with Gasteiger partial charge in [-0.05, 0) is 40.9 Å². The minimum absolute atomic E-state index is 0.0320. The lowest BCUT2D eigenvalue weighted by atomic mass is 10.0. The van der Waals surface area contributed by atoms with Crippen molar-refractivity contribution in [1.29, 1.82) is 0 Å². The predicted octanol–water partition coefficient (Wildman–Crippen LogP) is 3.48. The van der Waals surface area contributed by atoms with Gasteiger partial charge >= 0.3 is 0 Å². The number of hydrogen-bond donors (Lipinski definition) is 0. The van der Waals surface area contributed by atoms with Gasteiger partial charge in [-0.15, -0.1) is 0 Å². The number of hydrogen-bond acceptors (Lipinski definition) is 2. The third kappa shape index (κ3) is 2.72. The zero-order valence-corrected chi connectivity index (χ0v) is 10.6. The van der Waals surface area contributed by atoms with Gasteiger partial charge in [0.15, 0.2) is 11.6 Å². The number of carbonyl (C=O) groups excluding carboxylic acids is 1. The van der Waals surface area contributed by atoms with Gasteiger partial charge in [-0.25, -0.2) is 8.78 Å². The molecule has 0 N–H and O–H groups in total. The number of ether oxygens (including phenoxy) is 1. The van der Waals surface area contributed by atoms with Crippen molar-refractivity contribution in [3.63, 3.8) is 0 Å². The van der Waals surface area contributed by atoms with Crippen LogP contribution in [-0.2, 0) is 4.74 Å². The zero-order valence-electron chi connectivity index (χ0n) is 9.01. The van der Waals surface area contributed by atoms with Crippen molar-refractivity contribution in [3.05, 3.63) is 33.8 Å². The van der Waals surface area contributed by atoms with E-state index in [1.54, 1.807) is 0 Å². The highest BCUT2D eigenvalue weighted by molar-refractivity contribution is 9.10. The molecule has 1 saturated heterocycles. The van der Waals surface area contributed by atoms with Crippen molar-refractivity contribution in [2.45, 2.75) is 25.4 Å². The van der Waals surface area contributed by atoms with E-state index in [4.69, 9.17) is 4.74 Å². The van der Waals surface area contributed by atoms with Crippen molar-refractivity contribution < 1.29 is 18.3 Å². The largest absolute Gasteiger partial charge is 0.378 e. The molecule has 1 fully saturated rings. The summed E-state index contributed by atoms with van der Waals surface area (Å²) < 4.78 is 32.4. The maximum absolute atomic E-state index is 13.6. The molecule has 1 unspecified atom stereocenters. The average Bonchev–Trinajstić information content (AvgIpc) is 2.77. The molecule has 0 spiro atoms. The monoisotopic (exact) mass is 304 g/mol. The molecule has 0 bridgehead atoms. The van der Waals surface area contributed by atoms with Crippen LogP contribution < -0.4 is 0 Å². The van der Waals surface area contributed by atoms with Gasteiger partial charge in [0.25, 0.3) is 0 Å². The average molecular weight is 305 g/mol. The number of rotatable bonds is 3. The molecule has 1 heterocycles. The number of ketones is 1. The Labute approximate surface area is 106 Å². The van der Waals surface area contributed by atoms with Gasteiger partial charge in [-0.1, -0.05) is 0 Å². The number of carbonyl (C=O) groups is 1. The Bertz CT molecular complexity index is 442. The second kappa shape index (κ2) is 5.23. The van der Waals surface area contributed by atoms with Crippen LogP contribution in [0.5, 0.6) is 0 Å². The van der Waals surface area contributed by atoms with Crippen molar-refractivity contribution >= 4 is 21.7 Å². The summed E-state index contributed by atoms with van der Waals surface area (Å²) in [7, 11) is 0. The lowest BCUT2D eigenvalue weighted by Crippen LogP contribution is -2.15. The fourth-order valence-electron chi connectivity index (χ4n) is 1.90. The van der Waals surface area contributed by atoms with E-state index < -0.39 is 23.0 Å². The van der Waals surface area contributed by atoms with E-state index in [-0.39, 0.29) is 17.0 Å². The van der Waals surface area contributed by atoms with Crippen LogP contribution >= 0.6 is 15.9 Å². The molecule has 0 aromatic heterocycles. The first-order valence-corrected chi connectivity index (χ1v) is 6.17. The maximum Gasteiger partial charge on any atom is 0.171 e. The standard InChI is InChI=1S/C12H11BrF2O2/c13-8-3-4-9(14)11(12(8)15)10(16)6-7-2-1-5-17-7/h3-4,7H,1-2,5-6H2. The lowest BCUT2D eigenvalue weighted by Gasteiger charge is -2.10. The number of Topliss-reactive ketones (excluding diaryl/α,β-unsaturated/α-hetero) is 1. The molecule has 0 amide bonds. The van der Waals surface area contributed by atoms with E-state index in [0.717, 1.165) is 18.9 Å². The normalized spacial score (nSPS) is 19.6. The van der Waals surface area contributed by atoms with Crippen LogP contribution in [0.1, 0.15) is 29.6 Å². The van der Waals surface area contributed by atoms with E-state index in [9.17, 15) is 13.6 Å². The van der Waals surface area contributed by atoms with Gasteiger partial charge in [0.1, 0.15) is 5.82 Å². The third-order valence-electron chi connectivity index (χ3n) is 2.76. The van der Waals surface area contributed by atoms with E-state index >= 15 is 0 Å². The fraction of sp³-hybridized carbons (Fsp3) is 0.417. The molecule has 1 aromatic carbocycles. The SMILES string of the molecule is O=C(CC1CCCO1)c1c(F)ccc(Br)c1F. The van der Waals surface area contributed by atoms with Gasteiger partial charge in [-0.3, -0.25) is 4.79 Å². The number of benzene rings is 1. The van der Waals surface area contributed by atoms with Gasteiger partial charge in [-0.2, -0.15) is 0 Å². The topological polar surface area (TPSA) is 26.3 Å². The predicted molar refractivity (Wildman–Crippen MR) is 62.0 cm³/mol. The fourth-order valence-corrected chi connectivity index (χ4v) is 2.23. The Morgan fingerprint density at radius 1 is 1.47 bits per heavy atom. The molecule has 1 atom stereocenters. The Hall–Kier alpha value is -0.810. The highest BCUT2D eigenvalue weighted by atomic mass is 79.9. The summed E-state index contributed by atoms with van der Waals surface area (Å²) in [6.07, 6.45) is 1.48. The van der Waals surface area contributed by atoms with Crippen molar-refractivity contribution in [2.75, 3.05) is 6.61 Å². The van der Waals surface area contributed by atoms with Gasteiger partial charge in [0.05, 0.1) is 16.1 Å². The Balaban J connectivity index is 2.21. The van der Waals surface area contributed by atoms with Crippen LogP contribution in [-0.4, -0.2) is 18.5 Å². The minimum atomic E-state index is -0.840. The Kier molecular flexibility index (Phi) is 3.89. The molecule has 1 aromatic rings. The first kappa shape index (κ1) is 12.6. The van der Waals surface area contributed by atoms with Gasteiger partial charge in [0, 0.05) is 13.0 Å². The summed E-state index contributed by atoms with van der Waals surface area (Å²) in [5.74, 6) is -2.21. The highest BCUT2D eigenvalue weighted by Gasteiger charge is 2.25. The summed E-state index contributed by atoms with van der Waals surface area (Å²) in [4.78, 5) is 11.8. The van der Waals surface area contributed by atoms with Crippen molar-refractivity contribution in [1.82, 2.24) is 0 Å². The first-order valence-electron chi connectivity index (χ1n) is 5.38. The molecule has 17 heavy (non-hydrogen) atoms. The van der Waals surface area contributed by atoms with Crippen molar-refractivity contribution in [2.24, 2.45) is 0 Å². The van der Waals surface area contributed by atoms with Crippen LogP contribution in [0.25, 0.3) is 0 Å². The molecule has 1 aliphatic heterocycles. The molecule has 0 saturated carbocycles. The van der Waals surface area contributed by atoms with E-state index in [0.29, 0.717) is 6.61 Å². The van der Waals surface area contributed by atoms with Crippen molar-refractivity contribution in [3.8, 4) is 0 Å². The first-order chi connectivity index (χ1) is 8.09. The summed E-state index contributed by atoms with van der Waals surface area (Å²) in [6.45, 7) is 0.612. The molecule has 0 aliphatic carbocycles. The molecular formula is C12H11BrF2O2. The molecular weight excluding hydrogens is 294 g/mol. The van der Waals surface area contributed by atoms with Crippen LogP contribution in [0.15, 0.2) is 16.6 Å². The van der Waals surface area contributed by atoms with Gasteiger partial charge in [0.2, 0.25) is 0 Å². The van der Waals surface area contributed by atoms with E-state index in [1.165, 1.54) is 6.07 Å². The van der Waals surface area contributed by atoms with Crippen LogP contribution in [0, 0.1) is 11.6 Å². The van der Waals surface area contributed by atoms with E-state index in [1.807, 2.05) is 0 Å². The minimum Gasteiger partial charge on any atom is -0.378 e. The summed E-state index contributed by atoms with van der Waals surface area (Å²) in [6, 6.07) is 2.32. The Morgan fingerprint density at radius 2 is 2.24 bits per heavy atom. The van der Waals surface area contributed by atoms with Crippen LogP contribution in [0.3, 0.4) is 0 Å². The van der Waals surface area contributed by atoms with E-state index in [2.05, 4.69) is 15.9 Å². The highest BCUT2D eigenvalue weighted by Crippen LogP contribution is 2.25. The van der Waals surface area contributed by atoms with Gasteiger partial charge < -0.3 is 4.74 Å². The maximum atomic E-state index is 13.6. The summed E-state index contributed by atoms with van der Waals surface area (Å²) in [5, 5.41) is 0. The molecule has 2 nitrogen and oxygen atoms in total. The zero-order chi connectivity index (χ0) is 12.4. The lowest BCUT2D eigenvalue weighted by molar-refractivity contribution is 0.0769. The quantitative estimate of drug-likeness (QED) is 0.631. The molecule has 2 rings (SSSR count). The second-order valence-corrected chi connectivity index (χ2v) is 4.83. The summed E-state index contributed by atoms with van der Waals surface area (Å²) >= 11 is 2.94. The number of halogens is 3. The molecule has 5 heteroatoms. The summed E-state index contributed by atoms with van der Waals surface area (Å²) in [5.41, 5.74) is -0.477. The molecule has 1 aliphatic rings. The second-order valence-electron chi connectivity index (χ2n) is 3.98. The smallest absolute Gasteiger partial charge is 0.171 e. The molecule has 0 radical (unpaired) electrons. The Morgan fingerprint density at radius 3 is 2.88 bits per heavy atom. The third-order valence-corrected chi connectivity index (χ3v) is 3.37. The van der Waals surface area contributed by atoms with Crippen LogP contribution in [0.4, 0.5) is 8.78 Å². The molecule has 92 valence electrons. The van der Waals surface area contributed by atoms with Crippen LogP contribution in [0.2, 0.25) is 0 Å².